The highest BCUT2D eigenvalue weighted by Crippen LogP contribution is 2.32. The second kappa shape index (κ2) is 7.98. The Morgan fingerprint density at radius 2 is 2.19 bits per heavy atom. The van der Waals surface area contributed by atoms with Crippen molar-refractivity contribution in [3.8, 4) is 0 Å². The first-order valence-corrected chi connectivity index (χ1v) is 9.29. The van der Waals surface area contributed by atoms with Gasteiger partial charge in [-0.15, -0.1) is 0 Å². The third-order valence-corrected chi connectivity index (χ3v) is 5.21. The van der Waals surface area contributed by atoms with Crippen molar-refractivity contribution in [3.05, 3.63) is 45.2 Å². The summed E-state index contributed by atoms with van der Waals surface area (Å²) in [6, 6.07) is 5.32. The van der Waals surface area contributed by atoms with Gasteiger partial charge in [0.15, 0.2) is 0 Å². The lowest BCUT2D eigenvalue weighted by atomic mass is 10.2. The maximum absolute atomic E-state index is 12.9. The number of fused-ring (bicyclic) bond motifs is 1. The van der Waals surface area contributed by atoms with Crippen LogP contribution in [-0.2, 0) is 9.53 Å². The molecule has 26 heavy (non-hydrogen) atoms. The normalized spacial score (nSPS) is 16.1. The van der Waals surface area contributed by atoms with Crippen molar-refractivity contribution < 1.29 is 9.53 Å². The number of thiocarbonyl (C=S) groups is 1. The minimum absolute atomic E-state index is 0.192. The predicted molar refractivity (Wildman–Crippen MR) is 107 cm³/mol. The first-order valence-electron chi connectivity index (χ1n) is 8.06. The number of pyridine rings is 1. The van der Waals surface area contributed by atoms with Gasteiger partial charge < -0.3 is 10.1 Å². The Morgan fingerprint density at radius 3 is 2.88 bits per heavy atom. The van der Waals surface area contributed by atoms with Crippen molar-refractivity contribution in [3.63, 3.8) is 0 Å². The lowest BCUT2D eigenvalue weighted by Gasteiger charge is -2.11. The highest BCUT2D eigenvalue weighted by Gasteiger charge is 2.31. The maximum Gasteiger partial charge on any atom is 0.267 e. The van der Waals surface area contributed by atoms with Crippen LogP contribution < -0.4 is 10.9 Å². The number of amides is 1. The van der Waals surface area contributed by atoms with E-state index in [-0.39, 0.29) is 11.5 Å². The molecule has 1 amide bonds. The van der Waals surface area contributed by atoms with Gasteiger partial charge in [0.25, 0.3) is 11.5 Å². The fourth-order valence-electron chi connectivity index (χ4n) is 2.54. The summed E-state index contributed by atoms with van der Waals surface area (Å²) < 4.78 is 6.99. The summed E-state index contributed by atoms with van der Waals surface area (Å²) >= 11 is 6.43. The molecule has 3 rings (SSSR count). The molecule has 2 aromatic rings. The Morgan fingerprint density at radius 1 is 1.38 bits per heavy atom. The number of anilines is 1. The number of rotatable bonds is 6. The highest BCUT2D eigenvalue weighted by atomic mass is 32.2. The standard InChI is InChI=1S/C17H18N4O3S2/c1-3-20-16(23)12(26-17(20)25)10-11-14(18-7-9-24-2)19-13-6-4-5-8-21(13)15(11)22/h4-6,8,10,18H,3,7,9H2,1-2H3/b12-10-. The van der Waals surface area contributed by atoms with E-state index in [1.165, 1.54) is 21.1 Å². The fourth-order valence-corrected chi connectivity index (χ4v) is 3.91. The first kappa shape index (κ1) is 18.6. The van der Waals surface area contributed by atoms with E-state index >= 15 is 0 Å². The smallest absolute Gasteiger partial charge is 0.267 e. The molecule has 0 unspecified atom stereocenters. The quantitative estimate of drug-likeness (QED) is 0.459. The van der Waals surface area contributed by atoms with Gasteiger partial charge in [-0.1, -0.05) is 30.0 Å². The van der Waals surface area contributed by atoms with Gasteiger partial charge in [0, 0.05) is 26.4 Å². The summed E-state index contributed by atoms with van der Waals surface area (Å²) in [4.78, 5) is 31.9. The van der Waals surface area contributed by atoms with Crippen LogP contribution in [0.5, 0.6) is 0 Å². The van der Waals surface area contributed by atoms with Crippen molar-refractivity contribution in [2.75, 3.05) is 32.1 Å². The van der Waals surface area contributed by atoms with Crippen LogP contribution in [0.2, 0.25) is 0 Å². The van der Waals surface area contributed by atoms with Crippen LogP contribution in [0.3, 0.4) is 0 Å². The molecule has 0 aromatic carbocycles. The largest absolute Gasteiger partial charge is 0.383 e. The number of methoxy groups -OCH3 is 1. The van der Waals surface area contributed by atoms with Crippen LogP contribution in [0.15, 0.2) is 34.1 Å². The summed E-state index contributed by atoms with van der Waals surface area (Å²) in [5.41, 5.74) is 0.592. The van der Waals surface area contributed by atoms with Gasteiger partial charge in [-0.05, 0) is 25.1 Å². The fraction of sp³-hybridized carbons (Fsp3) is 0.294. The van der Waals surface area contributed by atoms with E-state index in [1.54, 1.807) is 31.5 Å². The third-order valence-electron chi connectivity index (χ3n) is 3.83. The number of nitrogens with zero attached hydrogens (tertiary/aromatic N) is 3. The van der Waals surface area contributed by atoms with Crippen molar-refractivity contribution in [2.24, 2.45) is 0 Å². The molecule has 9 heteroatoms. The molecule has 0 bridgehead atoms. The van der Waals surface area contributed by atoms with Crippen LogP contribution in [-0.4, -0.2) is 51.3 Å². The van der Waals surface area contributed by atoms with E-state index in [0.717, 1.165) is 0 Å². The average Bonchev–Trinajstić information content (AvgIpc) is 2.91. The molecule has 0 spiro atoms. The van der Waals surface area contributed by atoms with Crippen LogP contribution in [0.1, 0.15) is 12.5 Å². The summed E-state index contributed by atoms with van der Waals surface area (Å²) in [7, 11) is 1.60. The zero-order valence-electron chi connectivity index (χ0n) is 14.4. The lowest BCUT2D eigenvalue weighted by molar-refractivity contribution is -0.121. The Balaban J connectivity index is 2.11. The number of likely N-dealkylation sites (N-methyl/N-ethyl adjacent to an activating group) is 1. The molecule has 0 saturated carbocycles. The number of hydrogen-bond donors (Lipinski definition) is 1. The lowest BCUT2D eigenvalue weighted by Crippen LogP contribution is -2.27. The monoisotopic (exact) mass is 390 g/mol. The summed E-state index contributed by atoms with van der Waals surface area (Å²) in [6.45, 7) is 3.31. The SMILES string of the molecule is CCN1C(=O)/C(=C/c2c(NCCOC)nc3ccccn3c2=O)SC1=S. The van der Waals surface area contributed by atoms with Gasteiger partial charge in [0.2, 0.25) is 0 Å². The van der Waals surface area contributed by atoms with Crippen LogP contribution >= 0.6 is 24.0 Å². The maximum atomic E-state index is 12.9. The molecule has 1 saturated heterocycles. The predicted octanol–water partition coefficient (Wildman–Crippen LogP) is 1.97. The number of nitrogens with one attached hydrogen (secondary N) is 1. The molecule has 1 aliphatic heterocycles. The molecule has 1 aliphatic rings. The molecule has 1 N–H and O–H groups in total. The second-order valence-electron chi connectivity index (χ2n) is 5.45. The summed E-state index contributed by atoms with van der Waals surface area (Å²) in [5, 5.41) is 3.11. The third kappa shape index (κ3) is 3.50. The van der Waals surface area contributed by atoms with Gasteiger partial charge in [0.05, 0.1) is 17.1 Å². The van der Waals surface area contributed by atoms with Gasteiger partial charge in [-0.25, -0.2) is 4.98 Å². The molecule has 136 valence electrons. The van der Waals surface area contributed by atoms with E-state index in [0.29, 0.717) is 46.0 Å². The van der Waals surface area contributed by atoms with Gasteiger partial charge in [-0.2, -0.15) is 0 Å². The highest BCUT2D eigenvalue weighted by molar-refractivity contribution is 8.26. The molecule has 3 heterocycles. The van der Waals surface area contributed by atoms with E-state index in [1.807, 2.05) is 13.0 Å². The van der Waals surface area contributed by atoms with Crippen LogP contribution in [0.25, 0.3) is 11.7 Å². The van der Waals surface area contributed by atoms with Gasteiger partial charge in [0.1, 0.15) is 15.8 Å². The van der Waals surface area contributed by atoms with E-state index in [4.69, 9.17) is 17.0 Å². The number of aromatic nitrogens is 2. The molecule has 1 fully saturated rings. The van der Waals surface area contributed by atoms with Crippen molar-refractivity contribution in [2.45, 2.75) is 6.92 Å². The zero-order valence-corrected chi connectivity index (χ0v) is 16.0. The number of carbonyl (C=O) groups is 1. The van der Waals surface area contributed by atoms with Crippen molar-refractivity contribution >= 4 is 51.7 Å². The van der Waals surface area contributed by atoms with Crippen molar-refractivity contribution in [1.82, 2.24) is 14.3 Å². The molecule has 7 nitrogen and oxygen atoms in total. The number of thioether (sulfide) groups is 1. The molecule has 0 atom stereocenters. The topological polar surface area (TPSA) is 75.9 Å². The Labute approximate surface area is 160 Å². The second-order valence-corrected chi connectivity index (χ2v) is 7.13. The summed E-state index contributed by atoms with van der Waals surface area (Å²) in [6.07, 6.45) is 3.22. The number of ether oxygens (including phenoxy) is 1. The van der Waals surface area contributed by atoms with Crippen LogP contribution in [0.4, 0.5) is 5.82 Å². The van der Waals surface area contributed by atoms with Gasteiger partial charge >= 0.3 is 0 Å². The van der Waals surface area contributed by atoms with Crippen LogP contribution in [0, 0.1) is 0 Å². The zero-order chi connectivity index (χ0) is 18.7. The minimum Gasteiger partial charge on any atom is -0.383 e. The Kier molecular flexibility index (Phi) is 5.70. The summed E-state index contributed by atoms with van der Waals surface area (Å²) in [5.74, 6) is 0.225. The Hall–Kier alpha value is -2.23. The molecule has 2 aromatic heterocycles. The number of carbonyl (C=O) groups excluding carboxylic acids is 1. The Bertz CT molecular complexity index is 955. The average molecular weight is 390 g/mol. The molecule has 0 aliphatic carbocycles. The minimum atomic E-state index is -0.253. The number of hydrogen-bond acceptors (Lipinski definition) is 7. The van der Waals surface area contributed by atoms with E-state index in [2.05, 4.69) is 10.3 Å². The van der Waals surface area contributed by atoms with E-state index < -0.39 is 0 Å². The molecular formula is C17H18N4O3S2. The molecule has 0 radical (unpaired) electrons. The van der Waals surface area contributed by atoms with E-state index in [9.17, 15) is 9.59 Å². The van der Waals surface area contributed by atoms with Gasteiger partial charge in [-0.3, -0.25) is 18.9 Å². The first-order chi connectivity index (χ1) is 12.6. The molecular weight excluding hydrogens is 372 g/mol. The van der Waals surface area contributed by atoms with Crippen molar-refractivity contribution in [1.29, 1.82) is 0 Å².